The van der Waals surface area contributed by atoms with Gasteiger partial charge in [-0.1, -0.05) is 5.16 Å². The van der Waals surface area contributed by atoms with Gasteiger partial charge in [-0.3, -0.25) is 4.79 Å². The summed E-state index contributed by atoms with van der Waals surface area (Å²) in [7, 11) is 0. The zero-order valence-electron chi connectivity index (χ0n) is 9.82. The average molecular weight is 250 g/mol. The molecule has 0 saturated heterocycles. The molecule has 17 heavy (non-hydrogen) atoms. The number of carbonyl (C=O) groups is 1. The van der Waals surface area contributed by atoms with Crippen molar-refractivity contribution in [1.29, 1.82) is 0 Å². The third-order valence-corrected chi connectivity index (χ3v) is 3.32. The van der Waals surface area contributed by atoms with Crippen LogP contribution in [0.15, 0.2) is 21.3 Å². The highest BCUT2D eigenvalue weighted by molar-refractivity contribution is 7.07. The maximum atomic E-state index is 11.7. The Bertz CT molecular complexity index is 483. The van der Waals surface area contributed by atoms with Crippen LogP contribution in [0.5, 0.6) is 0 Å². The summed E-state index contributed by atoms with van der Waals surface area (Å²) in [4.78, 5) is 11.7. The number of nitrogens with zero attached hydrogens (tertiary/aromatic N) is 1. The zero-order valence-corrected chi connectivity index (χ0v) is 10.6. The molecule has 0 aliphatic heterocycles. The Labute approximate surface area is 104 Å². The van der Waals surface area contributed by atoms with E-state index in [2.05, 4.69) is 10.5 Å². The lowest BCUT2D eigenvalue weighted by Gasteiger charge is -2.03. The molecule has 0 bridgehead atoms. The molecular weight excluding hydrogens is 236 g/mol. The van der Waals surface area contributed by atoms with Crippen LogP contribution in [0.2, 0.25) is 0 Å². The normalized spacial score (nSPS) is 10.5. The molecule has 0 aliphatic carbocycles. The summed E-state index contributed by atoms with van der Waals surface area (Å²) >= 11 is 1.63. The molecule has 0 fully saturated rings. The predicted octanol–water partition coefficient (Wildman–Crippen LogP) is 2.21. The van der Waals surface area contributed by atoms with Crippen LogP contribution in [0.25, 0.3) is 0 Å². The summed E-state index contributed by atoms with van der Waals surface area (Å²) in [6.45, 7) is 4.24. The summed E-state index contributed by atoms with van der Waals surface area (Å²) in [5.41, 5.74) is 2.79. The monoisotopic (exact) mass is 250 g/mol. The van der Waals surface area contributed by atoms with E-state index >= 15 is 0 Å². The van der Waals surface area contributed by atoms with Crippen LogP contribution in [0, 0.1) is 13.8 Å². The second-order valence-electron chi connectivity index (χ2n) is 3.89. The van der Waals surface area contributed by atoms with Crippen molar-refractivity contribution in [2.45, 2.75) is 26.8 Å². The van der Waals surface area contributed by atoms with Crippen molar-refractivity contribution in [3.63, 3.8) is 0 Å². The number of rotatable bonds is 4. The minimum absolute atomic E-state index is 0.00870. The Hall–Kier alpha value is -1.62. The van der Waals surface area contributed by atoms with Crippen LogP contribution in [0.1, 0.15) is 22.6 Å². The molecule has 1 N–H and O–H groups in total. The van der Waals surface area contributed by atoms with Gasteiger partial charge in [-0.05, 0) is 36.2 Å². The number of thiophene rings is 1. The molecule has 1 amide bonds. The number of carbonyl (C=O) groups excluding carboxylic acids is 1. The van der Waals surface area contributed by atoms with Gasteiger partial charge in [0.05, 0.1) is 12.1 Å². The third kappa shape index (κ3) is 2.94. The van der Waals surface area contributed by atoms with E-state index < -0.39 is 0 Å². The van der Waals surface area contributed by atoms with Crippen molar-refractivity contribution in [1.82, 2.24) is 10.5 Å². The van der Waals surface area contributed by atoms with Gasteiger partial charge in [0.1, 0.15) is 5.76 Å². The van der Waals surface area contributed by atoms with Crippen LogP contribution in [0.3, 0.4) is 0 Å². The molecule has 2 rings (SSSR count). The van der Waals surface area contributed by atoms with Crippen molar-refractivity contribution in [3.05, 3.63) is 39.4 Å². The zero-order chi connectivity index (χ0) is 12.3. The molecule has 0 saturated carbocycles. The summed E-state index contributed by atoms with van der Waals surface area (Å²) in [6, 6.07) is 2.00. The number of aromatic nitrogens is 1. The molecule has 0 spiro atoms. The van der Waals surface area contributed by atoms with E-state index in [1.165, 1.54) is 0 Å². The summed E-state index contributed by atoms with van der Waals surface area (Å²) in [6.07, 6.45) is 0.325. The van der Waals surface area contributed by atoms with E-state index in [0.29, 0.717) is 18.7 Å². The lowest BCUT2D eigenvalue weighted by molar-refractivity contribution is -0.120. The first-order valence-electron chi connectivity index (χ1n) is 5.36. The van der Waals surface area contributed by atoms with E-state index in [4.69, 9.17) is 4.52 Å². The van der Waals surface area contributed by atoms with Gasteiger partial charge in [0.2, 0.25) is 5.91 Å². The fourth-order valence-electron chi connectivity index (χ4n) is 1.57. The first-order valence-corrected chi connectivity index (χ1v) is 6.30. The minimum Gasteiger partial charge on any atom is -0.361 e. The van der Waals surface area contributed by atoms with E-state index in [0.717, 1.165) is 16.8 Å². The third-order valence-electron chi connectivity index (χ3n) is 2.59. The highest BCUT2D eigenvalue weighted by Crippen LogP contribution is 2.12. The van der Waals surface area contributed by atoms with Crippen LogP contribution >= 0.6 is 11.3 Å². The van der Waals surface area contributed by atoms with Gasteiger partial charge in [-0.25, -0.2) is 0 Å². The summed E-state index contributed by atoms with van der Waals surface area (Å²) in [5, 5.41) is 10.7. The standard InChI is InChI=1S/C12H14N2O2S/c1-8-11(9(2)16-14-8)5-12(15)13-6-10-3-4-17-7-10/h3-4,7H,5-6H2,1-2H3,(H,13,15). The Balaban J connectivity index is 1.89. The number of amides is 1. The van der Waals surface area contributed by atoms with Gasteiger partial charge in [0.15, 0.2) is 0 Å². The van der Waals surface area contributed by atoms with Crippen molar-refractivity contribution >= 4 is 17.2 Å². The molecule has 2 aromatic heterocycles. The minimum atomic E-state index is -0.00870. The lowest BCUT2D eigenvalue weighted by atomic mass is 10.1. The summed E-state index contributed by atoms with van der Waals surface area (Å²) in [5.74, 6) is 0.707. The van der Waals surface area contributed by atoms with Gasteiger partial charge >= 0.3 is 0 Å². The van der Waals surface area contributed by atoms with Crippen molar-refractivity contribution < 1.29 is 9.32 Å². The second-order valence-corrected chi connectivity index (χ2v) is 4.67. The maximum absolute atomic E-state index is 11.7. The Morgan fingerprint density at radius 1 is 1.53 bits per heavy atom. The molecule has 4 nitrogen and oxygen atoms in total. The fourth-order valence-corrected chi connectivity index (χ4v) is 2.24. The topological polar surface area (TPSA) is 55.1 Å². The molecule has 0 unspecified atom stereocenters. The highest BCUT2D eigenvalue weighted by atomic mass is 32.1. The summed E-state index contributed by atoms with van der Waals surface area (Å²) < 4.78 is 5.02. The first-order chi connectivity index (χ1) is 8.16. The SMILES string of the molecule is Cc1noc(C)c1CC(=O)NCc1ccsc1. The van der Waals surface area contributed by atoms with Crippen molar-refractivity contribution in [3.8, 4) is 0 Å². The number of aryl methyl sites for hydroxylation is 2. The first kappa shape index (κ1) is 11.9. The smallest absolute Gasteiger partial charge is 0.224 e. The number of hydrogen-bond donors (Lipinski definition) is 1. The fraction of sp³-hybridized carbons (Fsp3) is 0.333. The van der Waals surface area contributed by atoms with Crippen LogP contribution in [-0.2, 0) is 17.8 Å². The van der Waals surface area contributed by atoms with Gasteiger partial charge in [-0.15, -0.1) is 0 Å². The molecular formula is C12H14N2O2S. The quantitative estimate of drug-likeness (QED) is 0.905. The van der Waals surface area contributed by atoms with Gasteiger partial charge in [0.25, 0.3) is 0 Å². The Kier molecular flexibility index (Phi) is 3.58. The van der Waals surface area contributed by atoms with Gasteiger partial charge in [-0.2, -0.15) is 11.3 Å². The molecule has 2 aromatic rings. The molecule has 0 aromatic carbocycles. The second kappa shape index (κ2) is 5.14. The molecule has 0 atom stereocenters. The lowest BCUT2D eigenvalue weighted by Crippen LogP contribution is -2.24. The largest absolute Gasteiger partial charge is 0.361 e. The van der Waals surface area contributed by atoms with E-state index in [-0.39, 0.29) is 5.91 Å². The molecule has 2 heterocycles. The van der Waals surface area contributed by atoms with Crippen LogP contribution in [0.4, 0.5) is 0 Å². The van der Waals surface area contributed by atoms with Crippen LogP contribution < -0.4 is 5.32 Å². The van der Waals surface area contributed by atoms with Gasteiger partial charge < -0.3 is 9.84 Å². The maximum Gasteiger partial charge on any atom is 0.224 e. The predicted molar refractivity (Wildman–Crippen MR) is 65.8 cm³/mol. The number of nitrogens with one attached hydrogen (secondary N) is 1. The number of hydrogen-bond acceptors (Lipinski definition) is 4. The molecule has 0 radical (unpaired) electrons. The molecule has 5 heteroatoms. The van der Waals surface area contributed by atoms with Crippen LogP contribution in [-0.4, -0.2) is 11.1 Å². The Morgan fingerprint density at radius 2 is 2.35 bits per heavy atom. The van der Waals surface area contributed by atoms with Gasteiger partial charge in [0, 0.05) is 12.1 Å². The van der Waals surface area contributed by atoms with Crippen molar-refractivity contribution in [2.75, 3.05) is 0 Å². The van der Waals surface area contributed by atoms with E-state index in [9.17, 15) is 4.79 Å². The Morgan fingerprint density at radius 3 is 2.94 bits per heavy atom. The molecule has 0 aliphatic rings. The van der Waals surface area contributed by atoms with E-state index in [1.807, 2.05) is 30.7 Å². The van der Waals surface area contributed by atoms with Crippen molar-refractivity contribution in [2.24, 2.45) is 0 Å². The average Bonchev–Trinajstić information content (AvgIpc) is 2.91. The highest BCUT2D eigenvalue weighted by Gasteiger charge is 2.12. The molecule has 90 valence electrons. The van der Waals surface area contributed by atoms with E-state index in [1.54, 1.807) is 11.3 Å².